The molecule has 0 aliphatic rings. The first kappa shape index (κ1) is 16.4. The maximum atomic E-state index is 8.74. The molecule has 0 amide bonds. The fourth-order valence-electron chi connectivity index (χ4n) is 0. The molecule has 2 unspecified atom stereocenters. The first-order valence-electron chi connectivity index (χ1n) is 2.11. The lowest BCUT2D eigenvalue weighted by Crippen LogP contribution is -1.89. The quantitative estimate of drug-likeness (QED) is 0.415. The summed E-state index contributed by atoms with van der Waals surface area (Å²) in [6.45, 7) is 4.06. The van der Waals surface area contributed by atoms with Crippen molar-refractivity contribution in [3.05, 3.63) is 0 Å². The van der Waals surface area contributed by atoms with Crippen molar-refractivity contribution < 1.29 is 17.5 Å². The molecule has 7 heteroatoms. The third-order valence-corrected chi connectivity index (χ3v) is 0. The van der Waals surface area contributed by atoms with E-state index in [0.29, 0.717) is 0 Å². The van der Waals surface area contributed by atoms with E-state index in [2.05, 4.69) is 0 Å². The second kappa shape index (κ2) is 11.5. The van der Waals surface area contributed by atoms with Crippen LogP contribution in [0.5, 0.6) is 0 Å². The van der Waals surface area contributed by atoms with E-state index in [0.717, 1.165) is 0 Å². The highest BCUT2D eigenvalue weighted by molar-refractivity contribution is 7.79. The van der Waals surface area contributed by atoms with E-state index in [9.17, 15) is 0 Å². The molecule has 0 aromatic heterocycles. The zero-order valence-corrected chi connectivity index (χ0v) is 9.18. The molecule has 0 aromatic rings. The van der Waals surface area contributed by atoms with Gasteiger partial charge >= 0.3 is 10.4 Å². The number of hydrogen-bond acceptors (Lipinski definition) is 2. The third-order valence-electron chi connectivity index (χ3n) is 0. The average Bonchev–Trinajstić information content (AvgIpc) is 1.72. The Kier molecular flexibility index (Phi) is 21.0. The van der Waals surface area contributed by atoms with Gasteiger partial charge in [-0.2, -0.15) is 8.42 Å². The van der Waals surface area contributed by atoms with E-state index in [4.69, 9.17) is 17.5 Å². The zero-order chi connectivity index (χ0) is 8.50. The smallest absolute Gasteiger partial charge is 0.264 e. The number of hydrogen-bond donors (Lipinski definition) is 2. The van der Waals surface area contributed by atoms with Crippen molar-refractivity contribution in [1.29, 1.82) is 0 Å². The molecule has 2 N–H and O–H groups in total. The Morgan fingerprint density at radius 3 is 1.00 bits per heavy atom. The van der Waals surface area contributed by atoms with Gasteiger partial charge in [-0.05, 0) is 18.5 Å². The van der Waals surface area contributed by atoms with Crippen LogP contribution < -0.4 is 0 Å². The molecule has 0 bridgehead atoms. The molecule has 0 aliphatic carbocycles. The fraction of sp³-hybridized carbons (Fsp3) is 1.00. The summed E-state index contributed by atoms with van der Waals surface area (Å²) in [5, 5.41) is 0. The molecule has 0 aliphatic heterocycles. The molecule has 2 atom stereocenters. The van der Waals surface area contributed by atoms with Crippen LogP contribution in [0.15, 0.2) is 0 Å². The lowest BCUT2D eigenvalue weighted by molar-refractivity contribution is 0.381. The largest absolute Gasteiger partial charge is 0.394 e. The van der Waals surface area contributed by atoms with Gasteiger partial charge in [0.15, 0.2) is 0 Å². The van der Waals surface area contributed by atoms with Crippen molar-refractivity contribution in [1.82, 2.24) is 0 Å². The van der Waals surface area contributed by atoms with Crippen LogP contribution in [0.2, 0.25) is 0 Å². The minimum absolute atomic E-state index is 1.86. The molecule has 0 fully saturated rings. The van der Waals surface area contributed by atoms with Crippen LogP contribution >= 0.6 is 18.5 Å². The van der Waals surface area contributed by atoms with Gasteiger partial charge in [-0.15, -0.1) is 0 Å². The SMILES string of the molecule is C[PH3+].C[PH3+].O=S(=O)(O)O. The van der Waals surface area contributed by atoms with Gasteiger partial charge in [0.1, 0.15) is 0 Å². The maximum Gasteiger partial charge on any atom is 0.394 e. The van der Waals surface area contributed by atoms with Crippen molar-refractivity contribution in [2.24, 2.45) is 0 Å². The molecule has 0 rings (SSSR count). The molecule has 60 valence electrons. The first-order chi connectivity index (χ1) is 4.00. The van der Waals surface area contributed by atoms with Gasteiger partial charge in [0.2, 0.25) is 0 Å². The van der Waals surface area contributed by atoms with Gasteiger partial charge in [-0.25, -0.2) is 0 Å². The zero-order valence-electron chi connectivity index (χ0n) is 5.53. The van der Waals surface area contributed by atoms with Gasteiger partial charge in [0.05, 0.1) is 0 Å². The highest BCUT2D eigenvalue weighted by Gasteiger charge is 1.84. The van der Waals surface area contributed by atoms with E-state index in [1.165, 1.54) is 0 Å². The van der Waals surface area contributed by atoms with Gasteiger partial charge in [-0.3, -0.25) is 9.11 Å². The van der Waals surface area contributed by atoms with E-state index >= 15 is 0 Å². The summed E-state index contributed by atoms with van der Waals surface area (Å²) in [5.41, 5.74) is 0. The van der Waals surface area contributed by atoms with Crippen LogP contribution in [0.3, 0.4) is 0 Å². The Labute approximate surface area is 60.4 Å². The Morgan fingerprint density at radius 1 is 1.00 bits per heavy atom. The topological polar surface area (TPSA) is 74.6 Å². The molecule has 0 saturated heterocycles. The van der Waals surface area contributed by atoms with Crippen molar-refractivity contribution in [2.75, 3.05) is 13.3 Å². The molecule has 0 spiro atoms. The standard InChI is InChI=1S/2CH5P.H2O4S/c2*1-2;1-5(2,3)4/h2*2H2,1H3;(H2,1,2,3,4)/p+2. The predicted molar refractivity (Wildman–Crippen MR) is 48.2 cm³/mol. The molecule has 0 radical (unpaired) electrons. The van der Waals surface area contributed by atoms with Crippen LogP contribution in [0.1, 0.15) is 0 Å². The molecular formula is C2H14O4P2S+2. The van der Waals surface area contributed by atoms with E-state index in [1.54, 1.807) is 0 Å². The molecule has 0 saturated carbocycles. The van der Waals surface area contributed by atoms with Crippen molar-refractivity contribution in [3.63, 3.8) is 0 Å². The van der Waals surface area contributed by atoms with Crippen LogP contribution in [0.25, 0.3) is 0 Å². The fourth-order valence-corrected chi connectivity index (χ4v) is 0. The van der Waals surface area contributed by atoms with E-state index in [1.807, 2.05) is 31.8 Å². The van der Waals surface area contributed by atoms with Crippen LogP contribution in [-0.4, -0.2) is 30.9 Å². The number of rotatable bonds is 0. The Balaban J connectivity index is -0.0000000771. The van der Waals surface area contributed by atoms with Crippen LogP contribution in [0, 0.1) is 0 Å². The lowest BCUT2D eigenvalue weighted by atomic mass is 12.0. The molecular weight excluding hydrogens is 182 g/mol. The van der Waals surface area contributed by atoms with Crippen molar-refractivity contribution in [3.8, 4) is 0 Å². The Bertz CT molecular complexity index is 99.7. The maximum absolute atomic E-state index is 8.74. The highest BCUT2D eigenvalue weighted by Crippen LogP contribution is 1.59. The summed E-state index contributed by atoms with van der Waals surface area (Å²) < 4.78 is 31.6. The predicted octanol–water partition coefficient (Wildman–Crippen LogP) is -0.206. The third kappa shape index (κ3) is 742. The first-order valence-corrected chi connectivity index (χ1v) is 6.34. The lowest BCUT2D eigenvalue weighted by Gasteiger charge is -1.68. The molecule has 0 heterocycles. The highest BCUT2D eigenvalue weighted by atomic mass is 32.3. The van der Waals surface area contributed by atoms with E-state index in [-0.39, 0.29) is 0 Å². The Morgan fingerprint density at radius 2 is 1.00 bits per heavy atom. The van der Waals surface area contributed by atoms with E-state index < -0.39 is 10.4 Å². The summed E-state index contributed by atoms with van der Waals surface area (Å²) in [4.78, 5) is 0. The minimum atomic E-state index is -4.67. The summed E-state index contributed by atoms with van der Waals surface area (Å²) in [6, 6.07) is 0. The van der Waals surface area contributed by atoms with Gasteiger partial charge in [0.25, 0.3) is 0 Å². The second-order valence-corrected chi connectivity index (χ2v) is 1.34. The molecule has 9 heavy (non-hydrogen) atoms. The molecule has 4 nitrogen and oxygen atoms in total. The van der Waals surface area contributed by atoms with Gasteiger partial charge in [0, 0.05) is 13.3 Å². The monoisotopic (exact) mass is 196 g/mol. The van der Waals surface area contributed by atoms with Crippen LogP contribution in [-0.2, 0) is 10.4 Å². The van der Waals surface area contributed by atoms with Crippen LogP contribution in [0.4, 0.5) is 0 Å². The summed E-state index contributed by atoms with van der Waals surface area (Å²) >= 11 is 0. The Hall–Kier alpha value is 0.730. The van der Waals surface area contributed by atoms with Gasteiger partial charge < -0.3 is 0 Å². The summed E-state index contributed by atoms with van der Waals surface area (Å²) in [5.74, 6) is 0. The second-order valence-electron chi connectivity index (χ2n) is 0.448. The normalized spacial score (nSPS) is 8.44. The van der Waals surface area contributed by atoms with Crippen molar-refractivity contribution >= 4 is 28.9 Å². The summed E-state index contributed by atoms with van der Waals surface area (Å²) in [6.07, 6.45) is 0. The molecule has 0 aromatic carbocycles. The average molecular weight is 196 g/mol. The summed E-state index contributed by atoms with van der Waals surface area (Å²) in [7, 11) is -0.944. The van der Waals surface area contributed by atoms with Crippen molar-refractivity contribution in [2.45, 2.75) is 0 Å². The minimum Gasteiger partial charge on any atom is -0.264 e. The van der Waals surface area contributed by atoms with Gasteiger partial charge in [-0.1, -0.05) is 0 Å².